The number of carbonyl (C=O) groups is 1. The van der Waals surface area contributed by atoms with Crippen molar-refractivity contribution in [1.82, 2.24) is 10.2 Å². The van der Waals surface area contributed by atoms with Crippen molar-refractivity contribution in [2.24, 2.45) is 5.73 Å². The van der Waals surface area contributed by atoms with Crippen LogP contribution in [0.1, 0.15) is 12.2 Å². The number of hydrogen-bond acceptors (Lipinski definition) is 4. The Balaban J connectivity index is 1.68. The van der Waals surface area contributed by atoms with Gasteiger partial charge >= 0.3 is 0 Å². The second-order valence-corrected chi connectivity index (χ2v) is 4.14. The summed E-state index contributed by atoms with van der Waals surface area (Å²) >= 11 is 0. The van der Waals surface area contributed by atoms with E-state index in [2.05, 4.69) is 10.2 Å². The molecule has 0 aromatic carbocycles. The molecular formula is C11H17N3O2. The van der Waals surface area contributed by atoms with Gasteiger partial charge in [-0.2, -0.15) is 0 Å². The zero-order valence-electron chi connectivity index (χ0n) is 9.19. The van der Waals surface area contributed by atoms with Gasteiger partial charge in [0.25, 0.3) is 0 Å². The summed E-state index contributed by atoms with van der Waals surface area (Å²) < 4.78 is 5.12. The normalized spacial score (nSPS) is 21.2. The highest BCUT2D eigenvalue weighted by molar-refractivity contribution is 5.77. The van der Waals surface area contributed by atoms with Crippen LogP contribution in [0, 0.1) is 0 Å². The third kappa shape index (κ3) is 3.08. The van der Waals surface area contributed by atoms with Crippen molar-refractivity contribution in [2.75, 3.05) is 19.6 Å². The molecule has 1 unspecified atom stereocenters. The molecule has 0 saturated carbocycles. The van der Waals surface area contributed by atoms with Gasteiger partial charge in [0.15, 0.2) is 0 Å². The number of likely N-dealkylation sites (tertiary alicyclic amines) is 1. The molecule has 1 aliphatic rings. The zero-order valence-corrected chi connectivity index (χ0v) is 9.19. The Kier molecular flexibility index (Phi) is 3.58. The summed E-state index contributed by atoms with van der Waals surface area (Å²) in [7, 11) is 0. The van der Waals surface area contributed by atoms with Crippen molar-refractivity contribution >= 4 is 5.91 Å². The summed E-state index contributed by atoms with van der Waals surface area (Å²) in [4.78, 5) is 13.6. The quantitative estimate of drug-likeness (QED) is 0.749. The van der Waals surface area contributed by atoms with Crippen molar-refractivity contribution in [2.45, 2.75) is 19.0 Å². The van der Waals surface area contributed by atoms with E-state index in [4.69, 9.17) is 10.2 Å². The highest BCUT2D eigenvalue weighted by atomic mass is 16.3. The molecule has 1 aromatic heterocycles. The SMILES string of the molecule is NC1CCN(CC(=O)NCc2ccco2)C1. The van der Waals surface area contributed by atoms with Crippen molar-refractivity contribution in [3.05, 3.63) is 24.2 Å². The number of hydrogen-bond donors (Lipinski definition) is 2. The molecule has 1 atom stereocenters. The topological polar surface area (TPSA) is 71.5 Å². The lowest BCUT2D eigenvalue weighted by Gasteiger charge is -2.14. The summed E-state index contributed by atoms with van der Waals surface area (Å²) in [5.41, 5.74) is 5.76. The standard InChI is InChI=1S/C11H17N3O2/c12-9-3-4-14(7-9)8-11(15)13-6-10-2-1-5-16-10/h1-2,5,9H,3-4,6-8,12H2,(H,13,15). The first-order valence-electron chi connectivity index (χ1n) is 5.51. The Labute approximate surface area is 94.6 Å². The minimum absolute atomic E-state index is 0.0190. The van der Waals surface area contributed by atoms with Crippen molar-refractivity contribution < 1.29 is 9.21 Å². The first-order valence-corrected chi connectivity index (χ1v) is 5.51. The van der Waals surface area contributed by atoms with Crippen LogP contribution in [-0.2, 0) is 11.3 Å². The van der Waals surface area contributed by atoms with E-state index in [0.717, 1.165) is 25.3 Å². The van der Waals surface area contributed by atoms with Crippen LogP contribution in [-0.4, -0.2) is 36.5 Å². The summed E-state index contributed by atoms with van der Waals surface area (Å²) in [5, 5.41) is 2.81. The third-order valence-corrected chi connectivity index (χ3v) is 2.72. The van der Waals surface area contributed by atoms with Crippen molar-refractivity contribution in [1.29, 1.82) is 0 Å². The lowest BCUT2D eigenvalue weighted by Crippen LogP contribution is -2.36. The van der Waals surface area contributed by atoms with Crippen molar-refractivity contribution in [3.8, 4) is 0 Å². The van der Waals surface area contributed by atoms with E-state index in [1.807, 2.05) is 6.07 Å². The average Bonchev–Trinajstić information content (AvgIpc) is 2.87. The Bertz CT molecular complexity index is 337. The van der Waals surface area contributed by atoms with Gasteiger partial charge in [-0.1, -0.05) is 0 Å². The molecule has 88 valence electrons. The van der Waals surface area contributed by atoms with Gasteiger partial charge in [-0.15, -0.1) is 0 Å². The lowest BCUT2D eigenvalue weighted by atomic mass is 10.3. The highest BCUT2D eigenvalue weighted by Crippen LogP contribution is 2.05. The second-order valence-electron chi connectivity index (χ2n) is 4.14. The predicted molar refractivity (Wildman–Crippen MR) is 59.6 cm³/mol. The molecule has 0 radical (unpaired) electrons. The van der Waals surface area contributed by atoms with Gasteiger partial charge in [0.05, 0.1) is 19.4 Å². The Morgan fingerprint density at radius 2 is 2.56 bits per heavy atom. The Hall–Kier alpha value is -1.33. The number of nitrogens with zero attached hydrogens (tertiary/aromatic N) is 1. The van der Waals surface area contributed by atoms with Gasteiger partial charge in [0.2, 0.25) is 5.91 Å². The first kappa shape index (κ1) is 11.2. The Morgan fingerprint density at radius 3 is 3.19 bits per heavy atom. The lowest BCUT2D eigenvalue weighted by molar-refractivity contribution is -0.122. The van der Waals surface area contributed by atoms with E-state index < -0.39 is 0 Å². The van der Waals surface area contributed by atoms with E-state index in [0.29, 0.717) is 13.1 Å². The van der Waals surface area contributed by atoms with Crippen LogP contribution in [0.3, 0.4) is 0 Å². The minimum Gasteiger partial charge on any atom is -0.467 e. The smallest absolute Gasteiger partial charge is 0.234 e. The molecule has 2 rings (SSSR count). The molecule has 1 amide bonds. The van der Waals surface area contributed by atoms with Gasteiger partial charge in [-0.25, -0.2) is 0 Å². The molecule has 5 nitrogen and oxygen atoms in total. The Morgan fingerprint density at radius 1 is 1.69 bits per heavy atom. The van der Waals surface area contributed by atoms with E-state index >= 15 is 0 Å². The molecule has 2 heterocycles. The van der Waals surface area contributed by atoms with E-state index in [9.17, 15) is 4.79 Å². The maximum atomic E-state index is 11.6. The van der Waals surface area contributed by atoms with Gasteiger partial charge in [0, 0.05) is 19.1 Å². The van der Waals surface area contributed by atoms with Crippen LogP contribution in [0.5, 0.6) is 0 Å². The largest absolute Gasteiger partial charge is 0.467 e. The van der Waals surface area contributed by atoms with Crippen molar-refractivity contribution in [3.63, 3.8) is 0 Å². The number of rotatable bonds is 4. The number of nitrogens with one attached hydrogen (secondary N) is 1. The van der Waals surface area contributed by atoms with Crippen LogP contribution in [0.25, 0.3) is 0 Å². The molecular weight excluding hydrogens is 206 g/mol. The maximum absolute atomic E-state index is 11.6. The molecule has 3 N–H and O–H groups in total. The van der Waals surface area contributed by atoms with Crippen LogP contribution in [0.4, 0.5) is 0 Å². The third-order valence-electron chi connectivity index (χ3n) is 2.72. The van der Waals surface area contributed by atoms with E-state index in [1.165, 1.54) is 0 Å². The summed E-state index contributed by atoms with van der Waals surface area (Å²) in [6, 6.07) is 3.87. The molecule has 0 aliphatic carbocycles. The average molecular weight is 223 g/mol. The molecule has 0 spiro atoms. The summed E-state index contributed by atoms with van der Waals surface area (Å²) in [5.74, 6) is 0.789. The predicted octanol–water partition coefficient (Wildman–Crippen LogP) is -0.0712. The highest BCUT2D eigenvalue weighted by Gasteiger charge is 2.20. The van der Waals surface area contributed by atoms with Gasteiger partial charge in [0.1, 0.15) is 5.76 Å². The molecule has 16 heavy (non-hydrogen) atoms. The molecule has 1 aliphatic heterocycles. The maximum Gasteiger partial charge on any atom is 0.234 e. The van der Waals surface area contributed by atoms with Crippen LogP contribution in [0.2, 0.25) is 0 Å². The molecule has 1 fully saturated rings. The summed E-state index contributed by atoms with van der Waals surface area (Å²) in [6.07, 6.45) is 2.58. The van der Waals surface area contributed by atoms with Gasteiger partial charge in [-0.3, -0.25) is 9.69 Å². The zero-order chi connectivity index (χ0) is 11.4. The molecule has 5 heteroatoms. The fourth-order valence-corrected chi connectivity index (χ4v) is 1.86. The minimum atomic E-state index is 0.0190. The number of amides is 1. The van der Waals surface area contributed by atoms with Crippen LogP contribution in [0.15, 0.2) is 22.8 Å². The number of furan rings is 1. The van der Waals surface area contributed by atoms with Gasteiger partial charge < -0.3 is 15.5 Å². The fraction of sp³-hybridized carbons (Fsp3) is 0.545. The first-order chi connectivity index (χ1) is 7.74. The monoisotopic (exact) mass is 223 g/mol. The van der Waals surface area contributed by atoms with Gasteiger partial charge in [-0.05, 0) is 18.6 Å². The summed E-state index contributed by atoms with van der Waals surface area (Å²) in [6.45, 7) is 2.60. The van der Waals surface area contributed by atoms with E-state index in [1.54, 1.807) is 12.3 Å². The fourth-order valence-electron chi connectivity index (χ4n) is 1.86. The molecule has 0 bridgehead atoms. The molecule has 1 saturated heterocycles. The molecule has 1 aromatic rings. The van der Waals surface area contributed by atoms with E-state index in [-0.39, 0.29) is 11.9 Å². The second kappa shape index (κ2) is 5.14. The number of carbonyl (C=O) groups excluding carboxylic acids is 1. The van der Waals surface area contributed by atoms with Crippen LogP contribution >= 0.6 is 0 Å². The van der Waals surface area contributed by atoms with Crippen LogP contribution < -0.4 is 11.1 Å². The number of nitrogens with two attached hydrogens (primary N) is 1.